The van der Waals surface area contributed by atoms with Gasteiger partial charge in [-0.2, -0.15) is 9.52 Å². The van der Waals surface area contributed by atoms with Crippen LogP contribution in [0.4, 0.5) is 0 Å². The van der Waals surface area contributed by atoms with Crippen molar-refractivity contribution in [1.82, 2.24) is 9.40 Å². The molecule has 9 heteroatoms. The number of nitrogens with zero attached hydrogens (tertiary/aromatic N) is 3. The second-order valence-electron chi connectivity index (χ2n) is 6.96. The lowest BCUT2D eigenvalue weighted by atomic mass is 9.99. The zero-order chi connectivity index (χ0) is 21.5. The van der Waals surface area contributed by atoms with E-state index in [2.05, 4.69) is 10.1 Å². The van der Waals surface area contributed by atoms with E-state index in [0.717, 1.165) is 21.6 Å². The number of methoxy groups -OCH3 is 2. The van der Waals surface area contributed by atoms with Gasteiger partial charge in [0.15, 0.2) is 0 Å². The van der Waals surface area contributed by atoms with Crippen molar-refractivity contribution in [3.05, 3.63) is 64.8 Å². The Morgan fingerprint density at radius 2 is 1.70 bits per heavy atom. The van der Waals surface area contributed by atoms with Crippen LogP contribution in [0.25, 0.3) is 10.9 Å². The van der Waals surface area contributed by atoms with E-state index in [0.29, 0.717) is 34.7 Å². The van der Waals surface area contributed by atoms with Gasteiger partial charge in [-0.25, -0.2) is 13.4 Å². The summed E-state index contributed by atoms with van der Waals surface area (Å²) in [4.78, 5) is 4.46. The van der Waals surface area contributed by atoms with Crippen LogP contribution in [0.1, 0.15) is 23.6 Å². The summed E-state index contributed by atoms with van der Waals surface area (Å²) in [6, 6.07) is 14.1. The molecule has 0 radical (unpaired) electrons. The molecule has 2 aromatic carbocycles. The van der Waals surface area contributed by atoms with Gasteiger partial charge in [-0.1, -0.05) is 11.6 Å². The molecule has 156 valence electrons. The number of hydrogen-bond acceptors (Lipinski definition) is 6. The average molecular weight is 446 g/mol. The number of ether oxygens (including phenoxy) is 2. The zero-order valence-corrected chi connectivity index (χ0v) is 18.2. The number of fused-ring (bicyclic) bond motifs is 1. The Bertz CT molecular complexity index is 1240. The highest BCUT2D eigenvalue weighted by Crippen LogP contribution is 2.39. The lowest BCUT2D eigenvalue weighted by molar-refractivity contribution is 0.374. The van der Waals surface area contributed by atoms with Crippen LogP contribution in [0.15, 0.2) is 53.6 Å². The summed E-state index contributed by atoms with van der Waals surface area (Å²) in [6.07, 6.45) is 1.51. The first-order chi connectivity index (χ1) is 14.3. The topological polar surface area (TPSA) is 81.1 Å². The van der Waals surface area contributed by atoms with Crippen molar-refractivity contribution in [3.63, 3.8) is 0 Å². The molecule has 7 nitrogen and oxygen atoms in total. The zero-order valence-electron chi connectivity index (χ0n) is 16.7. The van der Waals surface area contributed by atoms with Crippen LogP contribution in [0.3, 0.4) is 0 Å². The molecule has 1 unspecified atom stereocenters. The molecular weight excluding hydrogens is 426 g/mol. The van der Waals surface area contributed by atoms with E-state index < -0.39 is 16.1 Å². The maximum atomic E-state index is 12.5. The van der Waals surface area contributed by atoms with Gasteiger partial charge >= 0.3 is 0 Å². The minimum atomic E-state index is -3.62. The molecule has 3 aromatic rings. The SMILES string of the molecule is COc1ccc(C2=NN(S(C)(=O)=O)C(c3cc4ccc(OC)cc4nc3Cl)C2)cc1. The van der Waals surface area contributed by atoms with E-state index in [-0.39, 0.29) is 5.15 Å². The number of hydrogen-bond donors (Lipinski definition) is 0. The number of rotatable bonds is 5. The highest BCUT2D eigenvalue weighted by atomic mass is 35.5. The summed E-state index contributed by atoms with van der Waals surface area (Å²) < 4.78 is 36.5. The molecule has 4 rings (SSSR count). The number of sulfonamides is 1. The molecule has 0 spiro atoms. The Hall–Kier alpha value is -2.84. The van der Waals surface area contributed by atoms with Crippen molar-refractivity contribution in [3.8, 4) is 11.5 Å². The molecule has 30 heavy (non-hydrogen) atoms. The minimum absolute atomic E-state index is 0.237. The molecule has 0 amide bonds. The molecule has 1 aliphatic heterocycles. The van der Waals surface area contributed by atoms with Gasteiger partial charge in [-0.3, -0.25) is 0 Å². The lowest BCUT2D eigenvalue weighted by Gasteiger charge is -2.22. The summed E-state index contributed by atoms with van der Waals surface area (Å²) in [5, 5.41) is 5.48. The molecule has 1 aromatic heterocycles. The van der Waals surface area contributed by atoms with Crippen LogP contribution in [-0.4, -0.2) is 44.0 Å². The highest BCUT2D eigenvalue weighted by Gasteiger charge is 2.36. The van der Waals surface area contributed by atoms with Crippen molar-refractivity contribution in [2.75, 3.05) is 20.5 Å². The van der Waals surface area contributed by atoms with E-state index in [4.69, 9.17) is 21.1 Å². The fraction of sp³-hybridized carbons (Fsp3) is 0.238. The Labute approximate surface area is 179 Å². The molecule has 0 N–H and O–H groups in total. The third-order valence-corrected chi connectivity index (χ3v) is 6.32. The Balaban J connectivity index is 1.76. The van der Waals surface area contributed by atoms with Gasteiger partial charge < -0.3 is 9.47 Å². The second-order valence-corrected chi connectivity index (χ2v) is 9.16. The summed E-state index contributed by atoms with van der Waals surface area (Å²) in [7, 11) is -0.447. The Morgan fingerprint density at radius 1 is 1.03 bits per heavy atom. The van der Waals surface area contributed by atoms with Gasteiger partial charge in [0.2, 0.25) is 10.0 Å². The highest BCUT2D eigenvalue weighted by molar-refractivity contribution is 7.88. The van der Waals surface area contributed by atoms with Crippen LogP contribution >= 0.6 is 11.6 Å². The molecule has 0 aliphatic carbocycles. The summed E-state index contributed by atoms with van der Waals surface area (Å²) >= 11 is 6.49. The van der Waals surface area contributed by atoms with E-state index in [1.165, 1.54) is 0 Å². The third-order valence-electron chi connectivity index (χ3n) is 5.00. The molecule has 0 fully saturated rings. The van der Waals surface area contributed by atoms with Gasteiger partial charge in [-0.15, -0.1) is 0 Å². The smallest absolute Gasteiger partial charge is 0.247 e. The molecule has 2 heterocycles. The van der Waals surface area contributed by atoms with Crippen molar-refractivity contribution < 1.29 is 17.9 Å². The summed E-state index contributed by atoms with van der Waals surface area (Å²) in [6.45, 7) is 0. The number of pyridine rings is 1. The molecule has 1 aliphatic rings. The summed E-state index contributed by atoms with van der Waals surface area (Å²) in [5.41, 5.74) is 2.75. The quantitative estimate of drug-likeness (QED) is 0.554. The molecule has 1 atom stereocenters. The average Bonchev–Trinajstić information content (AvgIpc) is 3.18. The lowest BCUT2D eigenvalue weighted by Crippen LogP contribution is -2.26. The maximum Gasteiger partial charge on any atom is 0.247 e. The van der Waals surface area contributed by atoms with Crippen LogP contribution in [0.2, 0.25) is 5.15 Å². The Morgan fingerprint density at radius 3 is 2.33 bits per heavy atom. The van der Waals surface area contributed by atoms with Crippen LogP contribution in [0, 0.1) is 0 Å². The van der Waals surface area contributed by atoms with E-state index in [9.17, 15) is 8.42 Å². The van der Waals surface area contributed by atoms with Gasteiger partial charge in [0, 0.05) is 23.4 Å². The fourth-order valence-electron chi connectivity index (χ4n) is 3.48. The van der Waals surface area contributed by atoms with E-state index in [1.807, 2.05) is 42.5 Å². The monoisotopic (exact) mass is 445 g/mol. The van der Waals surface area contributed by atoms with Gasteiger partial charge in [0.05, 0.1) is 37.7 Å². The van der Waals surface area contributed by atoms with Crippen LogP contribution < -0.4 is 9.47 Å². The van der Waals surface area contributed by atoms with Crippen LogP contribution in [0.5, 0.6) is 11.5 Å². The van der Waals surface area contributed by atoms with E-state index >= 15 is 0 Å². The number of hydrazone groups is 1. The van der Waals surface area contributed by atoms with Crippen molar-refractivity contribution in [2.24, 2.45) is 5.10 Å². The first kappa shape index (κ1) is 20.4. The number of aromatic nitrogens is 1. The Kier molecular flexibility index (Phi) is 5.29. The second kappa shape index (κ2) is 7.77. The van der Waals surface area contributed by atoms with Crippen molar-refractivity contribution >= 4 is 38.2 Å². The van der Waals surface area contributed by atoms with Crippen molar-refractivity contribution in [1.29, 1.82) is 0 Å². The summed E-state index contributed by atoms with van der Waals surface area (Å²) in [5.74, 6) is 1.38. The fourth-order valence-corrected chi connectivity index (χ4v) is 4.65. The predicted molar refractivity (Wildman–Crippen MR) is 117 cm³/mol. The minimum Gasteiger partial charge on any atom is -0.497 e. The van der Waals surface area contributed by atoms with Crippen molar-refractivity contribution in [2.45, 2.75) is 12.5 Å². The molecule has 0 saturated heterocycles. The maximum absolute atomic E-state index is 12.5. The van der Waals surface area contributed by atoms with Crippen LogP contribution in [-0.2, 0) is 10.0 Å². The first-order valence-electron chi connectivity index (χ1n) is 9.15. The largest absolute Gasteiger partial charge is 0.497 e. The normalized spacial score (nSPS) is 16.6. The molecule has 0 saturated carbocycles. The standard InChI is InChI=1S/C21H20ClN3O4S/c1-28-15-7-4-13(5-8-15)19-12-20(25(24-19)30(3,26)27)17-10-14-6-9-16(29-2)11-18(14)23-21(17)22/h4-11,20H,12H2,1-3H3. The van der Waals surface area contributed by atoms with Gasteiger partial charge in [0.1, 0.15) is 16.7 Å². The van der Waals surface area contributed by atoms with Gasteiger partial charge in [0.25, 0.3) is 0 Å². The van der Waals surface area contributed by atoms with Gasteiger partial charge in [-0.05, 0) is 48.0 Å². The molecular formula is C21H20ClN3O4S. The molecule has 0 bridgehead atoms. The number of benzene rings is 2. The predicted octanol–water partition coefficient (Wildman–Crippen LogP) is 4.02. The third kappa shape index (κ3) is 3.80. The van der Waals surface area contributed by atoms with E-state index in [1.54, 1.807) is 20.3 Å². The number of halogens is 1. The first-order valence-corrected chi connectivity index (χ1v) is 11.4.